The number of nitrogen functional groups attached to an aromatic ring is 1. The van der Waals surface area contributed by atoms with Gasteiger partial charge in [0, 0.05) is 32.9 Å². The van der Waals surface area contributed by atoms with Crippen LogP contribution in [0.15, 0.2) is 6.20 Å². The van der Waals surface area contributed by atoms with Gasteiger partial charge in [0.1, 0.15) is 0 Å². The van der Waals surface area contributed by atoms with Crippen LogP contribution in [0, 0.1) is 0 Å². The maximum Gasteiger partial charge on any atom is 0.174 e. The van der Waals surface area contributed by atoms with Gasteiger partial charge in [0.15, 0.2) is 5.82 Å². The van der Waals surface area contributed by atoms with Crippen LogP contribution in [0.4, 0.5) is 11.5 Å². The van der Waals surface area contributed by atoms with Gasteiger partial charge in [-0.3, -0.25) is 4.68 Å². The molecule has 0 amide bonds. The van der Waals surface area contributed by atoms with Crippen LogP contribution in [-0.2, 0) is 11.8 Å². The van der Waals surface area contributed by atoms with Gasteiger partial charge in [0.05, 0.1) is 12.3 Å². The van der Waals surface area contributed by atoms with E-state index in [-0.39, 0.29) is 0 Å². The van der Waals surface area contributed by atoms with E-state index in [1.54, 1.807) is 11.8 Å². The minimum atomic E-state index is 0.461. The Bertz CT molecular complexity index is 333. The van der Waals surface area contributed by atoms with Crippen molar-refractivity contribution in [1.82, 2.24) is 9.78 Å². The van der Waals surface area contributed by atoms with E-state index in [0.29, 0.717) is 12.6 Å². The average molecular weight is 240 g/mol. The molecule has 0 radical (unpaired) electrons. The molecule has 0 spiro atoms. The van der Waals surface area contributed by atoms with E-state index < -0.39 is 0 Å². The molecule has 1 aromatic heterocycles. The molecule has 0 atom stereocenters. The number of nitrogens with zero attached hydrogens (tertiary/aromatic N) is 3. The maximum atomic E-state index is 6.00. The highest BCUT2D eigenvalue weighted by Crippen LogP contribution is 2.24. The van der Waals surface area contributed by atoms with Crippen molar-refractivity contribution in [2.75, 3.05) is 30.9 Å². The van der Waals surface area contributed by atoms with Crippen LogP contribution in [-0.4, -0.2) is 36.1 Å². The molecule has 98 valence electrons. The lowest BCUT2D eigenvalue weighted by atomic mass is 10.1. The third kappa shape index (κ3) is 3.36. The summed E-state index contributed by atoms with van der Waals surface area (Å²) >= 11 is 0. The molecule has 5 heteroatoms. The number of hydrogen-bond acceptors (Lipinski definition) is 4. The second kappa shape index (κ2) is 6.49. The average Bonchev–Trinajstić information content (AvgIpc) is 2.64. The van der Waals surface area contributed by atoms with E-state index >= 15 is 0 Å². The Hall–Kier alpha value is -1.23. The van der Waals surface area contributed by atoms with Gasteiger partial charge in [-0.25, -0.2) is 0 Å². The number of anilines is 2. The standard InChI is InChI=1S/C12H24N4O/c1-5-10(6-2)16(7-8-17-4)12-11(13)9-15(3)14-12/h9-10H,5-8,13H2,1-4H3. The first-order valence-corrected chi connectivity index (χ1v) is 6.18. The monoisotopic (exact) mass is 240 g/mol. The van der Waals surface area contributed by atoms with Gasteiger partial charge in [0.25, 0.3) is 0 Å². The van der Waals surface area contributed by atoms with Crippen molar-refractivity contribution in [3.05, 3.63) is 6.20 Å². The molecule has 1 aromatic rings. The summed E-state index contributed by atoms with van der Waals surface area (Å²) in [7, 11) is 3.61. The summed E-state index contributed by atoms with van der Waals surface area (Å²) in [5.41, 5.74) is 6.73. The Kier molecular flexibility index (Phi) is 5.28. The van der Waals surface area contributed by atoms with Gasteiger partial charge in [-0.05, 0) is 12.8 Å². The van der Waals surface area contributed by atoms with Crippen LogP contribution in [0.25, 0.3) is 0 Å². The zero-order valence-corrected chi connectivity index (χ0v) is 11.3. The van der Waals surface area contributed by atoms with Crippen molar-refractivity contribution < 1.29 is 4.74 Å². The largest absolute Gasteiger partial charge is 0.394 e. The molecule has 0 fully saturated rings. The van der Waals surface area contributed by atoms with E-state index in [1.807, 2.05) is 13.2 Å². The van der Waals surface area contributed by atoms with Crippen LogP contribution in [0.2, 0.25) is 0 Å². The first-order valence-electron chi connectivity index (χ1n) is 6.18. The summed E-state index contributed by atoms with van der Waals surface area (Å²) in [6, 6.07) is 0.461. The zero-order valence-electron chi connectivity index (χ0n) is 11.3. The number of nitrogens with two attached hydrogens (primary N) is 1. The second-order valence-corrected chi connectivity index (χ2v) is 4.24. The van der Waals surface area contributed by atoms with E-state index in [4.69, 9.17) is 10.5 Å². The van der Waals surface area contributed by atoms with Crippen LogP contribution in [0.5, 0.6) is 0 Å². The molecule has 0 unspecified atom stereocenters. The Labute approximate surface area is 104 Å². The number of aryl methyl sites for hydroxylation is 1. The number of methoxy groups -OCH3 is 1. The number of aromatic nitrogens is 2. The van der Waals surface area contributed by atoms with E-state index in [9.17, 15) is 0 Å². The lowest BCUT2D eigenvalue weighted by molar-refractivity contribution is 0.202. The SMILES string of the molecule is CCC(CC)N(CCOC)c1nn(C)cc1N. The normalized spacial score (nSPS) is 11.1. The van der Waals surface area contributed by atoms with Crippen molar-refractivity contribution in [3.63, 3.8) is 0 Å². The molecular weight excluding hydrogens is 216 g/mol. The minimum Gasteiger partial charge on any atom is -0.394 e. The highest BCUT2D eigenvalue weighted by atomic mass is 16.5. The summed E-state index contributed by atoms with van der Waals surface area (Å²) < 4.78 is 6.92. The molecule has 1 rings (SSSR count). The molecule has 5 nitrogen and oxygen atoms in total. The molecule has 0 aliphatic rings. The fraction of sp³-hybridized carbons (Fsp3) is 0.750. The van der Waals surface area contributed by atoms with Gasteiger partial charge in [-0.1, -0.05) is 13.8 Å². The first kappa shape index (κ1) is 13.8. The topological polar surface area (TPSA) is 56.3 Å². The molecule has 17 heavy (non-hydrogen) atoms. The minimum absolute atomic E-state index is 0.461. The molecule has 1 heterocycles. The van der Waals surface area contributed by atoms with E-state index in [2.05, 4.69) is 23.8 Å². The lowest BCUT2D eigenvalue weighted by Gasteiger charge is -2.30. The third-order valence-electron chi connectivity index (χ3n) is 3.03. The van der Waals surface area contributed by atoms with Crippen molar-refractivity contribution in [1.29, 1.82) is 0 Å². The Morgan fingerprint density at radius 1 is 1.47 bits per heavy atom. The number of rotatable bonds is 7. The van der Waals surface area contributed by atoms with Crippen molar-refractivity contribution in [3.8, 4) is 0 Å². The van der Waals surface area contributed by atoms with Crippen LogP contribution < -0.4 is 10.6 Å². The molecule has 0 aromatic carbocycles. The van der Waals surface area contributed by atoms with Gasteiger partial charge in [0.2, 0.25) is 0 Å². The lowest BCUT2D eigenvalue weighted by Crippen LogP contribution is -2.37. The molecule has 0 bridgehead atoms. The fourth-order valence-electron chi connectivity index (χ4n) is 2.10. The predicted octanol–water partition coefficient (Wildman–Crippen LogP) is 1.64. The zero-order chi connectivity index (χ0) is 12.8. The van der Waals surface area contributed by atoms with Crippen LogP contribution >= 0.6 is 0 Å². The maximum absolute atomic E-state index is 6.00. The summed E-state index contributed by atoms with van der Waals surface area (Å²) in [5, 5.41) is 4.44. The van der Waals surface area contributed by atoms with Gasteiger partial charge in [-0.15, -0.1) is 0 Å². The molecule has 0 aliphatic carbocycles. The molecular formula is C12H24N4O. The smallest absolute Gasteiger partial charge is 0.174 e. The molecule has 2 N–H and O–H groups in total. The molecule has 0 saturated carbocycles. The highest BCUT2D eigenvalue weighted by molar-refractivity contribution is 5.62. The van der Waals surface area contributed by atoms with Crippen molar-refractivity contribution >= 4 is 11.5 Å². The summed E-state index contributed by atoms with van der Waals surface area (Å²) in [5.74, 6) is 0.873. The van der Waals surface area contributed by atoms with Crippen molar-refractivity contribution in [2.24, 2.45) is 7.05 Å². The van der Waals surface area contributed by atoms with Gasteiger partial charge < -0.3 is 15.4 Å². The highest BCUT2D eigenvalue weighted by Gasteiger charge is 2.20. The Morgan fingerprint density at radius 2 is 2.12 bits per heavy atom. The predicted molar refractivity (Wildman–Crippen MR) is 71.2 cm³/mol. The Balaban J connectivity index is 2.92. The summed E-state index contributed by atoms with van der Waals surface area (Å²) in [6.07, 6.45) is 4.00. The van der Waals surface area contributed by atoms with E-state index in [1.165, 1.54) is 0 Å². The van der Waals surface area contributed by atoms with Gasteiger partial charge in [-0.2, -0.15) is 5.10 Å². The fourth-order valence-corrected chi connectivity index (χ4v) is 2.10. The van der Waals surface area contributed by atoms with Crippen LogP contribution in [0.3, 0.4) is 0 Å². The third-order valence-corrected chi connectivity index (χ3v) is 3.03. The van der Waals surface area contributed by atoms with Crippen LogP contribution in [0.1, 0.15) is 26.7 Å². The number of hydrogen-bond donors (Lipinski definition) is 1. The summed E-state index contributed by atoms with van der Waals surface area (Å²) in [6.45, 7) is 5.89. The molecule has 0 saturated heterocycles. The first-order chi connectivity index (χ1) is 8.13. The number of ether oxygens (including phenoxy) is 1. The molecule has 0 aliphatic heterocycles. The van der Waals surface area contributed by atoms with E-state index in [0.717, 1.165) is 30.9 Å². The summed E-state index contributed by atoms with van der Waals surface area (Å²) in [4.78, 5) is 2.25. The Morgan fingerprint density at radius 3 is 2.53 bits per heavy atom. The van der Waals surface area contributed by atoms with Crippen molar-refractivity contribution in [2.45, 2.75) is 32.7 Å². The van der Waals surface area contributed by atoms with Gasteiger partial charge >= 0.3 is 0 Å². The second-order valence-electron chi connectivity index (χ2n) is 4.24. The quantitative estimate of drug-likeness (QED) is 0.787.